The van der Waals surface area contributed by atoms with Gasteiger partial charge in [0.15, 0.2) is 16.4 Å². The Hall–Kier alpha value is -2.94. The maximum absolute atomic E-state index is 11.7. The fourth-order valence-electron chi connectivity index (χ4n) is 1.67. The van der Waals surface area contributed by atoms with Crippen LogP contribution < -0.4 is 15.6 Å². The third kappa shape index (κ3) is 5.06. The van der Waals surface area contributed by atoms with Crippen LogP contribution in [0.4, 0.5) is 0 Å². The van der Waals surface area contributed by atoms with Gasteiger partial charge in [-0.25, -0.2) is 8.42 Å². The van der Waals surface area contributed by atoms with Gasteiger partial charge in [-0.3, -0.25) is 25.4 Å². The molecule has 2 amide bonds. The highest BCUT2D eigenvalue weighted by atomic mass is 32.2. The van der Waals surface area contributed by atoms with Crippen molar-refractivity contribution < 1.29 is 22.7 Å². The highest BCUT2D eigenvalue weighted by molar-refractivity contribution is 7.90. The molecule has 0 fully saturated rings. The molecule has 0 atom stereocenters. The Balaban J connectivity index is 1.84. The van der Waals surface area contributed by atoms with Crippen molar-refractivity contribution in [2.24, 2.45) is 0 Å². The molecule has 2 rings (SSSR count). The van der Waals surface area contributed by atoms with E-state index in [0.29, 0.717) is 0 Å². The number of nitrogens with one attached hydrogen (secondary N) is 2. The fourth-order valence-corrected chi connectivity index (χ4v) is 2.32. The second-order valence-corrected chi connectivity index (χ2v) is 6.77. The van der Waals surface area contributed by atoms with Crippen LogP contribution >= 0.6 is 0 Å². The summed E-state index contributed by atoms with van der Waals surface area (Å²) in [5.41, 5.74) is 4.52. The zero-order valence-corrected chi connectivity index (χ0v) is 13.5. The zero-order valence-electron chi connectivity index (χ0n) is 12.7. The van der Waals surface area contributed by atoms with E-state index in [1.54, 1.807) is 12.1 Å². The number of sulfone groups is 1. The van der Waals surface area contributed by atoms with E-state index < -0.39 is 28.3 Å². The van der Waals surface area contributed by atoms with Gasteiger partial charge in [0.2, 0.25) is 0 Å². The summed E-state index contributed by atoms with van der Waals surface area (Å²) in [5, 5.41) is 0. The number of benzene rings is 1. The van der Waals surface area contributed by atoms with Crippen LogP contribution in [-0.2, 0) is 14.6 Å². The van der Waals surface area contributed by atoms with Crippen LogP contribution in [-0.4, -0.2) is 38.1 Å². The van der Waals surface area contributed by atoms with Gasteiger partial charge in [0, 0.05) is 12.5 Å². The Morgan fingerprint density at radius 3 is 2.58 bits per heavy atom. The minimum absolute atomic E-state index is 0.0869. The van der Waals surface area contributed by atoms with E-state index in [-0.39, 0.29) is 16.3 Å². The molecule has 0 aliphatic rings. The zero-order chi connectivity index (χ0) is 17.6. The molecule has 2 aromatic rings. The lowest BCUT2D eigenvalue weighted by Gasteiger charge is -2.09. The van der Waals surface area contributed by atoms with E-state index in [1.165, 1.54) is 36.5 Å². The Kier molecular flexibility index (Phi) is 5.48. The number of carbonyl (C=O) groups is 2. The number of aromatic nitrogens is 1. The summed E-state index contributed by atoms with van der Waals surface area (Å²) in [4.78, 5) is 27.2. The van der Waals surface area contributed by atoms with Crippen molar-refractivity contribution in [2.45, 2.75) is 4.90 Å². The van der Waals surface area contributed by atoms with E-state index >= 15 is 0 Å². The van der Waals surface area contributed by atoms with Crippen molar-refractivity contribution in [1.82, 2.24) is 15.8 Å². The van der Waals surface area contributed by atoms with Crippen molar-refractivity contribution in [3.05, 3.63) is 54.4 Å². The second kappa shape index (κ2) is 7.55. The summed E-state index contributed by atoms with van der Waals surface area (Å²) in [6, 6.07) is 10.6. The molecule has 24 heavy (non-hydrogen) atoms. The molecule has 0 saturated carbocycles. The van der Waals surface area contributed by atoms with E-state index in [2.05, 4.69) is 15.8 Å². The first-order valence-electron chi connectivity index (χ1n) is 6.79. The molecule has 0 aliphatic heterocycles. The molecule has 0 bridgehead atoms. The lowest BCUT2D eigenvalue weighted by molar-refractivity contribution is -0.123. The first kappa shape index (κ1) is 17.4. The summed E-state index contributed by atoms with van der Waals surface area (Å²) < 4.78 is 28.1. The van der Waals surface area contributed by atoms with Crippen molar-refractivity contribution in [2.75, 3.05) is 12.9 Å². The predicted molar refractivity (Wildman–Crippen MR) is 84.9 cm³/mol. The highest BCUT2D eigenvalue weighted by Crippen LogP contribution is 2.17. The minimum Gasteiger partial charge on any atom is -0.484 e. The number of ether oxygens (including phenoxy) is 1. The van der Waals surface area contributed by atoms with Gasteiger partial charge in [-0.15, -0.1) is 0 Å². The van der Waals surface area contributed by atoms with E-state index in [0.717, 1.165) is 6.26 Å². The molecule has 0 unspecified atom stereocenters. The average Bonchev–Trinajstić information content (AvgIpc) is 2.58. The number of hydrazine groups is 1. The fraction of sp³-hybridized carbons (Fsp3) is 0.133. The number of pyridine rings is 1. The Bertz CT molecular complexity index is 837. The largest absolute Gasteiger partial charge is 0.484 e. The first-order chi connectivity index (χ1) is 11.4. The number of hydrogen-bond acceptors (Lipinski definition) is 6. The van der Waals surface area contributed by atoms with E-state index in [9.17, 15) is 18.0 Å². The van der Waals surface area contributed by atoms with Gasteiger partial charge in [0.05, 0.1) is 4.90 Å². The predicted octanol–water partition coefficient (Wildman–Crippen LogP) is 0.325. The van der Waals surface area contributed by atoms with Crippen LogP contribution in [0.2, 0.25) is 0 Å². The summed E-state index contributed by atoms with van der Waals surface area (Å²) in [7, 11) is -3.36. The molecular formula is C15H15N3O5S. The summed E-state index contributed by atoms with van der Waals surface area (Å²) >= 11 is 0. The third-order valence-corrected chi connectivity index (χ3v) is 3.93. The van der Waals surface area contributed by atoms with Gasteiger partial charge < -0.3 is 4.74 Å². The number of rotatable bonds is 5. The molecule has 0 saturated heterocycles. The van der Waals surface area contributed by atoms with E-state index in [1.807, 2.05) is 0 Å². The normalized spacial score (nSPS) is 10.7. The lowest BCUT2D eigenvalue weighted by atomic mass is 10.3. The third-order valence-electron chi connectivity index (χ3n) is 2.82. The molecule has 2 N–H and O–H groups in total. The monoisotopic (exact) mass is 349 g/mol. The molecule has 0 spiro atoms. The topological polar surface area (TPSA) is 114 Å². The second-order valence-electron chi connectivity index (χ2n) is 4.75. The number of hydrogen-bond donors (Lipinski definition) is 2. The molecule has 0 radical (unpaired) electrons. The molecular weight excluding hydrogens is 334 g/mol. The van der Waals surface area contributed by atoms with Crippen molar-refractivity contribution in [3.63, 3.8) is 0 Å². The smallest absolute Gasteiger partial charge is 0.288 e. The van der Waals surface area contributed by atoms with Gasteiger partial charge in [-0.1, -0.05) is 12.1 Å². The molecule has 1 aromatic heterocycles. The Morgan fingerprint density at radius 1 is 1.12 bits per heavy atom. The highest BCUT2D eigenvalue weighted by Gasteiger charge is 2.10. The molecule has 1 aromatic carbocycles. The van der Waals surface area contributed by atoms with Crippen LogP contribution in [0, 0.1) is 0 Å². The lowest BCUT2D eigenvalue weighted by Crippen LogP contribution is -2.44. The molecule has 126 valence electrons. The maximum Gasteiger partial charge on any atom is 0.288 e. The van der Waals surface area contributed by atoms with Gasteiger partial charge in [-0.2, -0.15) is 0 Å². The minimum atomic E-state index is -3.36. The number of carbonyl (C=O) groups excluding carboxylic acids is 2. The summed E-state index contributed by atoms with van der Waals surface area (Å²) in [5.74, 6) is -0.948. The van der Waals surface area contributed by atoms with Crippen LogP contribution in [0.5, 0.6) is 5.75 Å². The maximum atomic E-state index is 11.7. The van der Waals surface area contributed by atoms with Crippen molar-refractivity contribution >= 4 is 21.7 Å². The Morgan fingerprint density at radius 2 is 1.92 bits per heavy atom. The van der Waals surface area contributed by atoms with Crippen LogP contribution in [0.25, 0.3) is 0 Å². The SMILES string of the molecule is CS(=O)(=O)c1cccc(OCC(=O)NNC(=O)c2ccccn2)c1. The molecule has 8 nitrogen and oxygen atoms in total. The van der Waals surface area contributed by atoms with Gasteiger partial charge in [0.1, 0.15) is 11.4 Å². The van der Waals surface area contributed by atoms with Gasteiger partial charge in [-0.05, 0) is 30.3 Å². The number of nitrogens with zero attached hydrogens (tertiary/aromatic N) is 1. The van der Waals surface area contributed by atoms with Gasteiger partial charge in [0.25, 0.3) is 11.8 Å². The average molecular weight is 349 g/mol. The summed E-state index contributed by atoms with van der Waals surface area (Å²) in [6.07, 6.45) is 2.53. The van der Waals surface area contributed by atoms with Gasteiger partial charge >= 0.3 is 0 Å². The van der Waals surface area contributed by atoms with Crippen LogP contribution in [0.1, 0.15) is 10.5 Å². The molecule has 9 heteroatoms. The first-order valence-corrected chi connectivity index (χ1v) is 8.68. The quantitative estimate of drug-likeness (QED) is 0.752. The van der Waals surface area contributed by atoms with Crippen LogP contribution in [0.3, 0.4) is 0 Å². The van der Waals surface area contributed by atoms with Crippen LogP contribution in [0.15, 0.2) is 53.6 Å². The van der Waals surface area contributed by atoms with Crippen molar-refractivity contribution in [3.8, 4) is 5.75 Å². The number of amides is 2. The van der Waals surface area contributed by atoms with Crippen molar-refractivity contribution in [1.29, 1.82) is 0 Å². The molecule has 0 aliphatic carbocycles. The summed E-state index contributed by atoms with van der Waals surface area (Å²) in [6.45, 7) is -0.393. The molecule has 1 heterocycles. The van der Waals surface area contributed by atoms with E-state index in [4.69, 9.17) is 4.74 Å². The Labute approximate surface area is 138 Å². The standard InChI is InChI=1S/C15H15N3O5S/c1-24(21,22)12-6-4-5-11(9-12)23-10-14(19)17-18-15(20)13-7-2-3-8-16-13/h2-9H,10H2,1H3,(H,17,19)(H,18,20).